The van der Waals surface area contributed by atoms with Gasteiger partial charge in [0.15, 0.2) is 5.69 Å². The minimum atomic E-state index is -4.78. The fraction of sp³-hybridized carbons (Fsp3) is 0.333. The van der Waals surface area contributed by atoms with Crippen LogP contribution >= 0.6 is 11.8 Å². The lowest BCUT2D eigenvalue weighted by Gasteiger charge is -2.46. The first-order chi connectivity index (χ1) is 20.5. The number of pyridine rings is 1. The lowest BCUT2D eigenvalue weighted by Crippen LogP contribution is -2.60. The summed E-state index contributed by atoms with van der Waals surface area (Å²) in [6.07, 6.45) is -2.32. The van der Waals surface area contributed by atoms with E-state index in [-0.39, 0.29) is 5.91 Å². The van der Waals surface area contributed by atoms with Crippen molar-refractivity contribution >= 4 is 35.2 Å². The van der Waals surface area contributed by atoms with Gasteiger partial charge >= 0.3 is 12.1 Å². The maximum Gasteiger partial charge on any atom is 0.408 e. The Hall–Kier alpha value is -4.26. The van der Waals surface area contributed by atoms with Gasteiger partial charge in [0.05, 0.1) is 6.04 Å². The van der Waals surface area contributed by atoms with E-state index in [1.54, 1.807) is 21.7 Å². The van der Waals surface area contributed by atoms with Gasteiger partial charge < -0.3 is 14.5 Å². The van der Waals surface area contributed by atoms with Crippen molar-refractivity contribution in [3.63, 3.8) is 0 Å². The minimum Gasteiger partial charge on any atom is -0.420 e. The number of halogens is 3. The molecule has 1 fully saturated rings. The first-order valence-corrected chi connectivity index (χ1v) is 14.7. The number of amides is 2. The van der Waals surface area contributed by atoms with E-state index >= 15 is 0 Å². The van der Waals surface area contributed by atoms with Crippen LogP contribution in [0.3, 0.4) is 0 Å². The monoisotopic (exact) mass is 612 g/mol. The van der Waals surface area contributed by atoms with Gasteiger partial charge in [-0.1, -0.05) is 30.3 Å². The van der Waals surface area contributed by atoms with Crippen molar-refractivity contribution in [2.75, 3.05) is 23.1 Å². The molecule has 2 atom stereocenters. The molecule has 0 unspecified atom stereocenters. The molecule has 0 N–H and O–H groups in total. The molecule has 3 aromatic rings. The van der Waals surface area contributed by atoms with Crippen LogP contribution in [-0.4, -0.2) is 52.8 Å². The fourth-order valence-electron chi connectivity index (χ4n) is 5.90. The van der Waals surface area contributed by atoms with Crippen molar-refractivity contribution in [2.45, 2.75) is 55.6 Å². The SMILES string of the molecule is CC(=O)Oc1c2n(ccc1=O)N([C@@H]1c3ccccc3SCc3c1cccc3N1CCCC1=O)CN([C@H](C)C(F)(F)F)C2=O. The first kappa shape index (κ1) is 28.8. The number of thioether (sulfide) groups is 1. The Morgan fingerprint density at radius 2 is 1.79 bits per heavy atom. The number of anilines is 1. The number of aromatic nitrogens is 1. The highest BCUT2D eigenvalue weighted by molar-refractivity contribution is 7.98. The smallest absolute Gasteiger partial charge is 0.408 e. The fourth-order valence-corrected chi connectivity index (χ4v) is 7.04. The summed E-state index contributed by atoms with van der Waals surface area (Å²) in [4.78, 5) is 54.6. The van der Waals surface area contributed by atoms with E-state index in [0.29, 0.717) is 23.6 Å². The van der Waals surface area contributed by atoms with Crippen LogP contribution in [0.1, 0.15) is 59.9 Å². The topological polar surface area (TPSA) is 92.2 Å². The van der Waals surface area contributed by atoms with Gasteiger partial charge in [-0.25, -0.2) is 0 Å². The molecule has 43 heavy (non-hydrogen) atoms. The summed E-state index contributed by atoms with van der Waals surface area (Å²) in [7, 11) is 0. The van der Waals surface area contributed by atoms with Crippen LogP contribution in [0.25, 0.3) is 0 Å². The summed E-state index contributed by atoms with van der Waals surface area (Å²) in [6, 6.07) is 11.2. The van der Waals surface area contributed by atoms with E-state index in [0.717, 1.165) is 53.6 Å². The third-order valence-corrected chi connectivity index (χ3v) is 9.11. The average molecular weight is 613 g/mol. The average Bonchev–Trinajstić information content (AvgIpc) is 3.31. The number of rotatable bonds is 4. The van der Waals surface area contributed by atoms with Crippen LogP contribution in [0.2, 0.25) is 0 Å². The van der Waals surface area contributed by atoms with E-state index in [2.05, 4.69) is 0 Å². The van der Waals surface area contributed by atoms with Crippen LogP contribution in [-0.2, 0) is 15.3 Å². The molecule has 0 saturated carbocycles. The molecule has 0 aliphatic carbocycles. The number of esters is 1. The summed E-state index contributed by atoms with van der Waals surface area (Å²) in [5.74, 6) is -2.14. The van der Waals surface area contributed by atoms with Gasteiger partial charge in [-0.05, 0) is 42.2 Å². The van der Waals surface area contributed by atoms with Crippen LogP contribution < -0.4 is 20.1 Å². The van der Waals surface area contributed by atoms with Crippen molar-refractivity contribution in [3.05, 3.63) is 87.3 Å². The van der Waals surface area contributed by atoms with E-state index < -0.39 is 53.7 Å². The van der Waals surface area contributed by atoms with E-state index in [9.17, 15) is 32.3 Å². The number of benzene rings is 2. The molecule has 0 bridgehead atoms. The van der Waals surface area contributed by atoms with Gasteiger partial charge in [0.1, 0.15) is 12.7 Å². The van der Waals surface area contributed by atoms with Crippen molar-refractivity contribution in [1.82, 2.24) is 9.58 Å². The van der Waals surface area contributed by atoms with Crippen LogP contribution in [0.5, 0.6) is 5.75 Å². The van der Waals surface area contributed by atoms with Crippen molar-refractivity contribution in [2.24, 2.45) is 0 Å². The van der Waals surface area contributed by atoms with Gasteiger partial charge in [0.2, 0.25) is 17.1 Å². The van der Waals surface area contributed by atoms with Gasteiger partial charge in [-0.15, -0.1) is 11.8 Å². The van der Waals surface area contributed by atoms with Crippen LogP contribution in [0.15, 0.2) is 64.4 Å². The van der Waals surface area contributed by atoms with Gasteiger partial charge in [0, 0.05) is 48.5 Å². The third-order valence-electron chi connectivity index (χ3n) is 7.99. The molecular formula is C30H27F3N4O5S. The van der Waals surface area contributed by atoms with Crippen molar-refractivity contribution < 1.29 is 32.3 Å². The van der Waals surface area contributed by atoms with E-state index in [1.807, 2.05) is 42.5 Å². The third kappa shape index (κ3) is 4.94. The highest BCUT2D eigenvalue weighted by Gasteiger charge is 2.48. The number of alkyl halides is 3. The highest BCUT2D eigenvalue weighted by Crippen LogP contribution is 2.46. The summed E-state index contributed by atoms with van der Waals surface area (Å²) >= 11 is 1.55. The predicted octanol–water partition coefficient (Wildman–Crippen LogP) is 4.60. The second kappa shape index (κ2) is 10.8. The number of fused-ring (bicyclic) bond motifs is 3. The molecule has 2 aromatic carbocycles. The van der Waals surface area contributed by atoms with Crippen LogP contribution in [0.4, 0.5) is 18.9 Å². The van der Waals surface area contributed by atoms with E-state index in [1.165, 1.54) is 10.9 Å². The quantitative estimate of drug-likeness (QED) is 0.398. The Kier molecular flexibility index (Phi) is 7.23. The molecule has 9 nitrogen and oxygen atoms in total. The molecule has 6 rings (SSSR count). The molecule has 4 heterocycles. The van der Waals surface area contributed by atoms with E-state index in [4.69, 9.17) is 4.74 Å². The zero-order valence-electron chi connectivity index (χ0n) is 23.3. The molecule has 224 valence electrons. The second-order valence-electron chi connectivity index (χ2n) is 10.6. The molecule has 2 amide bonds. The number of hydrogen-bond donors (Lipinski definition) is 0. The molecule has 0 radical (unpaired) electrons. The molecule has 1 aromatic heterocycles. The Balaban J connectivity index is 1.62. The largest absolute Gasteiger partial charge is 0.420 e. The number of carbonyl (C=O) groups excluding carboxylic acids is 3. The minimum absolute atomic E-state index is 0.000762. The molecule has 13 heteroatoms. The summed E-state index contributed by atoms with van der Waals surface area (Å²) in [5.41, 5.74) is 1.79. The van der Waals surface area contributed by atoms with Gasteiger partial charge in [-0.2, -0.15) is 13.2 Å². The van der Waals surface area contributed by atoms with Crippen LogP contribution in [0, 0.1) is 0 Å². The Morgan fingerprint density at radius 1 is 1.05 bits per heavy atom. The molecule has 3 aliphatic rings. The number of nitrogens with zero attached hydrogens (tertiary/aromatic N) is 4. The molecule has 3 aliphatic heterocycles. The van der Waals surface area contributed by atoms with Gasteiger partial charge in [-0.3, -0.25) is 28.9 Å². The zero-order chi connectivity index (χ0) is 30.6. The first-order valence-electron chi connectivity index (χ1n) is 13.7. The summed E-state index contributed by atoms with van der Waals surface area (Å²) in [6.45, 7) is 1.98. The molecular weight excluding hydrogens is 585 g/mol. The van der Waals surface area contributed by atoms with Crippen molar-refractivity contribution in [1.29, 1.82) is 0 Å². The lowest BCUT2D eigenvalue weighted by molar-refractivity contribution is -0.173. The lowest BCUT2D eigenvalue weighted by atomic mass is 9.93. The maximum absolute atomic E-state index is 14.1. The standard InChI is InChI=1S/C30H27F3N4O5S/c1-17(30(31,32)33)35-16-37(36-14-12-23(39)28(42-18(2)38)27(36)29(35)41)26-19-8-5-9-22(34-13-6-11-25(34)40)21(19)15-43-24-10-4-3-7-20(24)26/h3-5,7-10,12,14,17,26H,6,11,13,15-16H2,1-2H3/t17-,26+/m1/s1. The number of carbonyl (C=O) groups is 3. The Morgan fingerprint density at radius 3 is 2.49 bits per heavy atom. The summed E-state index contributed by atoms with van der Waals surface area (Å²) < 4.78 is 48.9. The predicted molar refractivity (Wildman–Crippen MR) is 153 cm³/mol. The zero-order valence-corrected chi connectivity index (χ0v) is 24.1. The highest BCUT2D eigenvalue weighted by atomic mass is 32.2. The summed E-state index contributed by atoms with van der Waals surface area (Å²) in [5, 5.41) is 1.57. The number of hydrogen-bond acceptors (Lipinski definition) is 7. The Labute approximate surface area is 248 Å². The second-order valence-corrected chi connectivity index (χ2v) is 11.6. The van der Waals surface area contributed by atoms with Crippen molar-refractivity contribution in [3.8, 4) is 5.75 Å². The Bertz CT molecular complexity index is 1710. The number of ether oxygens (including phenoxy) is 1. The molecule has 1 saturated heterocycles. The maximum atomic E-state index is 14.1. The normalized spacial score (nSPS) is 19.0. The van der Waals surface area contributed by atoms with Gasteiger partial charge in [0.25, 0.3) is 5.91 Å². The molecule has 0 spiro atoms.